The number of aromatic nitrogens is 4. The van der Waals surface area contributed by atoms with Crippen molar-refractivity contribution in [3.63, 3.8) is 0 Å². The van der Waals surface area contributed by atoms with Crippen molar-refractivity contribution in [1.82, 2.24) is 19.5 Å². The number of aryl methyl sites for hydroxylation is 2. The first-order chi connectivity index (χ1) is 16.5. The van der Waals surface area contributed by atoms with Gasteiger partial charge in [-0.15, -0.1) is 0 Å². The predicted molar refractivity (Wildman–Crippen MR) is 137 cm³/mol. The minimum Gasteiger partial charge on any atom is -0.487 e. The number of halogens is 2. The third-order valence-electron chi connectivity index (χ3n) is 6.34. The van der Waals surface area contributed by atoms with E-state index < -0.39 is 0 Å². The molecule has 0 spiro atoms. The maximum atomic E-state index is 6.80. The van der Waals surface area contributed by atoms with Crippen molar-refractivity contribution < 1.29 is 4.74 Å². The van der Waals surface area contributed by atoms with Gasteiger partial charge >= 0.3 is 0 Å². The molecule has 5 rings (SSSR count). The number of nitrogens with two attached hydrogens (primary N) is 1. The third kappa shape index (κ3) is 4.08. The van der Waals surface area contributed by atoms with Crippen LogP contribution in [0, 0.1) is 6.92 Å². The fraction of sp³-hybridized carbons (Fsp3) is 0.320. The number of benzene rings is 1. The zero-order chi connectivity index (χ0) is 23.8. The first-order valence-electron chi connectivity index (χ1n) is 11.3. The first-order valence-corrected chi connectivity index (χ1v) is 12.0. The van der Waals surface area contributed by atoms with Crippen LogP contribution in [0.25, 0.3) is 22.3 Å². The molecule has 2 N–H and O–H groups in total. The second-order valence-electron chi connectivity index (χ2n) is 8.56. The van der Waals surface area contributed by atoms with Crippen LogP contribution in [0.5, 0.6) is 5.75 Å². The molecule has 1 aromatic carbocycles. The van der Waals surface area contributed by atoms with Gasteiger partial charge in [0, 0.05) is 67.0 Å². The Morgan fingerprint density at radius 1 is 1.24 bits per heavy atom. The van der Waals surface area contributed by atoms with Crippen molar-refractivity contribution in [2.45, 2.75) is 32.4 Å². The van der Waals surface area contributed by atoms with E-state index in [1.165, 1.54) is 0 Å². The maximum absolute atomic E-state index is 6.80. The van der Waals surface area contributed by atoms with Crippen molar-refractivity contribution in [2.75, 3.05) is 18.0 Å². The Balaban J connectivity index is 1.50. The molecule has 7 nitrogen and oxygen atoms in total. The second kappa shape index (κ2) is 9.41. The molecule has 0 amide bonds. The van der Waals surface area contributed by atoms with Gasteiger partial charge in [0.25, 0.3) is 0 Å². The standard InChI is InChI=1S/C25H26Cl2N6O/c1-15-11-18(24-29-8-10-32(24)2)17-6-3-7-21(23(17)31-15)34-14-19-20(26)13-30-25(22(19)27)33-9-4-5-16(33)12-28/h3,6-8,10-11,13,16H,4-5,9,12,14,28H2,1-2H3/t16-/m0/s1. The van der Waals surface area contributed by atoms with E-state index in [1.54, 1.807) is 12.4 Å². The largest absolute Gasteiger partial charge is 0.487 e. The molecule has 1 fully saturated rings. The van der Waals surface area contributed by atoms with Gasteiger partial charge in [-0.25, -0.2) is 15.0 Å². The third-order valence-corrected chi connectivity index (χ3v) is 7.06. The Labute approximate surface area is 208 Å². The fourth-order valence-corrected chi connectivity index (χ4v) is 5.17. The molecule has 0 saturated carbocycles. The van der Waals surface area contributed by atoms with E-state index in [1.807, 2.05) is 49.0 Å². The van der Waals surface area contributed by atoms with Crippen LogP contribution < -0.4 is 15.4 Å². The summed E-state index contributed by atoms with van der Waals surface area (Å²) in [6.07, 6.45) is 7.45. The smallest absolute Gasteiger partial charge is 0.148 e. The fourth-order valence-electron chi connectivity index (χ4n) is 4.61. The molecule has 0 bridgehead atoms. The van der Waals surface area contributed by atoms with Crippen LogP contribution in [0.2, 0.25) is 10.0 Å². The van der Waals surface area contributed by atoms with Gasteiger partial charge in [0.1, 0.15) is 29.5 Å². The molecule has 4 heterocycles. The van der Waals surface area contributed by atoms with E-state index in [4.69, 9.17) is 38.7 Å². The maximum Gasteiger partial charge on any atom is 0.148 e. The summed E-state index contributed by atoms with van der Waals surface area (Å²) in [6.45, 7) is 3.60. The van der Waals surface area contributed by atoms with E-state index >= 15 is 0 Å². The number of pyridine rings is 2. The highest BCUT2D eigenvalue weighted by Crippen LogP contribution is 2.37. The molecule has 1 atom stereocenters. The van der Waals surface area contributed by atoms with E-state index in [0.717, 1.165) is 47.4 Å². The van der Waals surface area contributed by atoms with Gasteiger partial charge in [-0.05, 0) is 31.9 Å². The van der Waals surface area contributed by atoms with Crippen molar-refractivity contribution in [2.24, 2.45) is 12.8 Å². The summed E-state index contributed by atoms with van der Waals surface area (Å²) in [5, 5.41) is 1.94. The Kier molecular flexibility index (Phi) is 6.34. The van der Waals surface area contributed by atoms with Crippen molar-refractivity contribution in [3.8, 4) is 17.1 Å². The number of ether oxygens (including phenoxy) is 1. The van der Waals surface area contributed by atoms with Crippen LogP contribution in [0.3, 0.4) is 0 Å². The Hall–Kier alpha value is -2.87. The molecule has 4 aromatic rings. The monoisotopic (exact) mass is 496 g/mol. The van der Waals surface area contributed by atoms with Gasteiger partial charge in [-0.1, -0.05) is 35.3 Å². The number of nitrogens with zero attached hydrogens (tertiary/aromatic N) is 5. The minimum atomic E-state index is 0.195. The lowest BCUT2D eigenvalue weighted by atomic mass is 10.1. The van der Waals surface area contributed by atoms with Gasteiger partial charge in [0.15, 0.2) is 0 Å². The lowest BCUT2D eigenvalue weighted by Gasteiger charge is -2.26. The normalized spacial score (nSPS) is 15.9. The molecule has 0 radical (unpaired) electrons. The number of rotatable bonds is 6. The minimum absolute atomic E-state index is 0.195. The van der Waals surface area contributed by atoms with Gasteiger partial charge in [0.2, 0.25) is 0 Å². The molecular weight excluding hydrogens is 471 g/mol. The first kappa shape index (κ1) is 22.9. The topological polar surface area (TPSA) is 82.1 Å². The van der Waals surface area contributed by atoms with Crippen LogP contribution >= 0.6 is 23.2 Å². The molecule has 1 saturated heterocycles. The number of anilines is 1. The summed E-state index contributed by atoms with van der Waals surface area (Å²) in [7, 11) is 1.98. The summed E-state index contributed by atoms with van der Waals surface area (Å²) in [4.78, 5) is 16.0. The van der Waals surface area contributed by atoms with Crippen molar-refractivity contribution >= 4 is 39.9 Å². The molecule has 1 aliphatic heterocycles. The molecule has 1 aliphatic rings. The summed E-state index contributed by atoms with van der Waals surface area (Å²) in [5.74, 6) is 2.24. The lowest BCUT2D eigenvalue weighted by molar-refractivity contribution is 0.309. The molecule has 34 heavy (non-hydrogen) atoms. The Morgan fingerprint density at radius 2 is 2.09 bits per heavy atom. The average molecular weight is 497 g/mol. The quantitative estimate of drug-likeness (QED) is 0.397. The number of hydrogen-bond acceptors (Lipinski definition) is 6. The second-order valence-corrected chi connectivity index (χ2v) is 9.35. The summed E-state index contributed by atoms with van der Waals surface area (Å²) in [6, 6.07) is 8.17. The molecular formula is C25H26Cl2N6O. The predicted octanol–water partition coefficient (Wildman–Crippen LogP) is 5.15. The molecule has 0 unspecified atom stereocenters. The molecule has 0 aliphatic carbocycles. The van der Waals surface area contributed by atoms with Crippen LogP contribution in [-0.4, -0.2) is 38.7 Å². The van der Waals surface area contributed by atoms with Gasteiger partial charge in [-0.2, -0.15) is 0 Å². The average Bonchev–Trinajstić information content (AvgIpc) is 3.47. The molecule has 9 heteroatoms. The zero-order valence-electron chi connectivity index (χ0n) is 19.1. The Bertz CT molecular complexity index is 1350. The van der Waals surface area contributed by atoms with Crippen LogP contribution in [-0.2, 0) is 13.7 Å². The summed E-state index contributed by atoms with van der Waals surface area (Å²) < 4.78 is 8.26. The number of para-hydroxylation sites is 1. The highest BCUT2D eigenvalue weighted by Gasteiger charge is 2.28. The van der Waals surface area contributed by atoms with Crippen LogP contribution in [0.4, 0.5) is 5.82 Å². The van der Waals surface area contributed by atoms with E-state index in [0.29, 0.717) is 33.7 Å². The number of imidazole rings is 1. The zero-order valence-corrected chi connectivity index (χ0v) is 20.6. The lowest BCUT2D eigenvalue weighted by Crippen LogP contribution is -2.36. The Morgan fingerprint density at radius 3 is 2.85 bits per heavy atom. The van der Waals surface area contributed by atoms with Gasteiger partial charge < -0.3 is 19.9 Å². The van der Waals surface area contributed by atoms with E-state index in [-0.39, 0.29) is 12.6 Å². The van der Waals surface area contributed by atoms with Crippen LogP contribution in [0.15, 0.2) is 42.9 Å². The van der Waals surface area contributed by atoms with Gasteiger partial charge in [-0.3, -0.25) is 0 Å². The number of hydrogen-bond donors (Lipinski definition) is 1. The summed E-state index contributed by atoms with van der Waals surface area (Å²) in [5.41, 5.74) is 9.31. The van der Waals surface area contributed by atoms with E-state index in [9.17, 15) is 0 Å². The van der Waals surface area contributed by atoms with Gasteiger partial charge in [0.05, 0.1) is 10.0 Å². The van der Waals surface area contributed by atoms with Crippen molar-refractivity contribution in [3.05, 3.63) is 64.2 Å². The van der Waals surface area contributed by atoms with E-state index in [2.05, 4.69) is 14.9 Å². The van der Waals surface area contributed by atoms with Crippen molar-refractivity contribution in [1.29, 1.82) is 0 Å². The SMILES string of the molecule is Cc1cc(-c2nccn2C)c2cccc(OCc3c(Cl)cnc(N4CCC[C@H]4CN)c3Cl)c2n1. The molecule has 176 valence electrons. The summed E-state index contributed by atoms with van der Waals surface area (Å²) >= 11 is 13.3. The van der Waals surface area contributed by atoms with Crippen LogP contribution in [0.1, 0.15) is 24.1 Å². The molecule has 3 aromatic heterocycles. The highest BCUT2D eigenvalue weighted by atomic mass is 35.5. The number of fused-ring (bicyclic) bond motifs is 1. The highest BCUT2D eigenvalue weighted by molar-refractivity contribution is 6.37.